The second kappa shape index (κ2) is 22.2. The Morgan fingerprint density at radius 3 is 1.35 bits per heavy atom. The molecule has 0 saturated carbocycles. The normalized spacial score (nSPS) is 13.3. The number of hydrogen-bond donors (Lipinski definition) is 13. The molecule has 12 N–H and O–H groups in total. The number of nitrogens with two attached hydrogens (primary N) is 2. The van der Waals surface area contributed by atoms with Crippen molar-refractivity contribution in [2.24, 2.45) is 11.5 Å². The minimum absolute atomic E-state index is 0.0136. The monoisotopic (exact) mass is 783 g/mol. The van der Waals surface area contributed by atoms with E-state index in [1.54, 1.807) is 19.1 Å². The molecule has 2 rings (SSSR count). The van der Waals surface area contributed by atoms with Crippen LogP contribution < -0.4 is 38.1 Å². The van der Waals surface area contributed by atoms with Gasteiger partial charge < -0.3 is 53.4 Å². The molecule has 0 bridgehead atoms. The van der Waals surface area contributed by atoms with Crippen LogP contribution in [0.2, 0.25) is 0 Å². The maximum absolute atomic E-state index is 12.7. The van der Waals surface area contributed by atoms with E-state index in [0.717, 1.165) is 0 Å². The van der Waals surface area contributed by atoms with Crippen LogP contribution >= 0.6 is 37.9 Å². The van der Waals surface area contributed by atoms with Crippen LogP contribution in [-0.2, 0) is 46.4 Å². The lowest BCUT2D eigenvalue weighted by Gasteiger charge is -2.24. The molecule has 0 aliphatic carbocycles. The Morgan fingerprint density at radius 1 is 0.558 bits per heavy atom. The molecule has 17 nitrogen and oxygen atoms in total. The van der Waals surface area contributed by atoms with Crippen LogP contribution in [0.3, 0.4) is 0 Å². The standard InChI is InChI=1S/C17H24N4O6S2.C15H21N3O4S/c1-8(22)19-12(7-29)17(27)20-10(16(26)21-11(6-28)15(18)25)4-9-2-3-13(23)14(24)5-9;1-8-3-4-10(6-13(8)20)5-11(14(16)21)18-15(22)12(7-23)17-9(2)19/h2-3,5,10-12,23-24,28-29H,4,6-7H2,1H3,(H2,18,25)(H,19,22)(H,20,27)(H,21,26);3-4,6,11-12,20,23H,5,7H2,1-2H3,(H2,16,21)(H,17,19)(H,18,22). The van der Waals surface area contributed by atoms with Crippen molar-refractivity contribution in [1.82, 2.24) is 26.6 Å². The van der Waals surface area contributed by atoms with Crippen LogP contribution in [0.5, 0.6) is 17.2 Å². The van der Waals surface area contributed by atoms with Crippen LogP contribution in [0.15, 0.2) is 36.4 Å². The van der Waals surface area contributed by atoms with E-state index in [-0.39, 0.29) is 47.5 Å². The molecule has 5 unspecified atom stereocenters. The molecule has 0 aliphatic rings. The molecule has 5 atom stereocenters. The zero-order valence-electron chi connectivity index (χ0n) is 28.6. The molecular weight excluding hydrogens is 739 g/mol. The molecule has 0 radical (unpaired) electrons. The van der Waals surface area contributed by atoms with Gasteiger partial charge in [0.1, 0.15) is 36.0 Å². The number of carbonyl (C=O) groups is 7. The van der Waals surface area contributed by atoms with Crippen molar-refractivity contribution in [3.8, 4) is 17.2 Å². The van der Waals surface area contributed by atoms with Crippen molar-refractivity contribution >= 4 is 79.2 Å². The quantitative estimate of drug-likeness (QED) is 0.0625. The summed E-state index contributed by atoms with van der Waals surface area (Å²) in [4.78, 5) is 82.5. The van der Waals surface area contributed by atoms with Crippen molar-refractivity contribution < 1.29 is 48.9 Å². The summed E-state index contributed by atoms with van der Waals surface area (Å²) in [6, 6.07) is 3.83. The molecule has 0 heterocycles. The van der Waals surface area contributed by atoms with E-state index in [1.165, 1.54) is 38.1 Å². The molecule has 0 fully saturated rings. The van der Waals surface area contributed by atoms with Gasteiger partial charge in [-0.05, 0) is 41.8 Å². The third kappa shape index (κ3) is 15.6. The summed E-state index contributed by atoms with van der Waals surface area (Å²) in [5, 5.41) is 41.0. The maximum atomic E-state index is 12.7. The molecule has 0 aromatic heterocycles. The lowest BCUT2D eigenvalue weighted by Crippen LogP contribution is -2.57. The topological polar surface area (TPSA) is 292 Å². The number of nitrogens with one attached hydrogen (secondary N) is 5. The predicted octanol–water partition coefficient (Wildman–Crippen LogP) is -1.89. The lowest BCUT2D eigenvalue weighted by atomic mass is 10.0. The molecule has 2 aromatic rings. The molecule has 52 heavy (non-hydrogen) atoms. The first-order valence-corrected chi connectivity index (χ1v) is 17.4. The Balaban J connectivity index is 0.000000534. The van der Waals surface area contributed by atoms with E-state index >= 15 is 0 Å². The third-order valence-corrected chi connectivity index (χ3v) is 8.18. The summed E-state index contributed by atoms with van der Waals surface area (Å²) in [5.74, 6) is -4.89. The number of amides is 7. The molecule has 286 valence electrons. The summed E-state index contributed by atoms with van der Waals surface area (Å²) in [7, 11) is 0. The summed E-state index contributed by atoms with van der Waals surface area (Å²) in [5.41, 5.74) is 12.3. The Labute approximate surface area is 316 Å². The maximum Gasteiger partial charge on any atom is 0.244 e. The predicted molar refractivity (Wildman–Crippen MR) is 201 cm³/mol. The zero-order chi connectivity index (χ0) is 39.7. The van der Waals surface area contributed by atoms with E-state index < -0.39 is 71.4 Å². The van der Waals surface area contributed by atoms with Gasteiger partial charge in [-0.15, -0.1) is 0 Å². The molecule has 0 aliphatic heterocycles. The van der Waals surface area contributed by atoms with Crippen LogP contribution in [0.1, 0.15) is 30.5 Å². The van der Waals surface area contributed by atoms with E-state index in [0.29, 0.717) is 16.7 Å². The second-order valence-electron chi connectivity index (χ2n) is 11.4. The van der Waals surface area contributed by atoms with Crippen molar-refractivity contribution in [3.63, 3.8) is 0 Å². The Hall–Kier alpha value is -4.82. The number of carbonyl (C=O) groups excluding carboxylic acids is 7. The van der Waals surface area contributed by atoms with Crippen molar-refractivity contribution in [3.05, 3.63) is 53.1 Å². The van der Waals surface area contributed by atoms with Crippen molar-refractivity contribution in [2.75, 3.05) is 17.3 Å². The number of rotatable bonds is 17. The smallest absolute Gasteiger partial charge is 0.244 e. The van der Waals surface area contributed by atoms with Crippen molar-refractivity contribution in [2.45, 2.75) is 63.8 Å². The molecule has 0 spiro atoms. The highest BCUT2D eigenvalue weighted by Crippen LogP contribution is 2.25. The summed E-state index contributed by atoms with van der Waals surface area (Å²) >= 11 is 12.0. The van der Waals surface area contributed by atoms with Gasteiger partial charge in [0.2, 0.25) is 41.4 Å². The first kappa shape index (κ1) is 45.2. The first-order valence-electron chi connectivity index (χ1n) is 15.5. The average molecular weight is 784 g/mol. The van der Waals surface area contributed by atoms with Crippen LogP contribution in [0.4, 0.5) is 0 Å². The number of aromatic hydroxyl groups is 3. The highest BCUT2D eigenvalue weighted by Gasteiger charge is 2.29. The van der Waals surface area contributed by atoms with Gasteiger partial charge in [-0.1, -0.05) is 18.2 Å². The molecule has 2 aromatic carbocycles. The van der Waals surface area contributed by atoms with Gasteiger partial charge in [-0.25, -0.2) is 0 Å². The van der Waals surface area contributed by atoms with Gasteiger partial charge in [-0.2, -0.15) is 37.9 Å². The Bertz CT molecular complexity index is 1610. The fraction of sp³-hybridized carbons (Fsp3) is 0.406. The Kier molecular flexibility index (Phi) is 19.3. The van der Waals surface area contributed by atoms with Crippen LogP contribution in [-0.4, -0.2) is 104 Å². The van der Waals surface area contributed by atoms with E-state index in [4.69, 9.17) is 11.5 Å². The highest BCUT2D eigenvalue weighted by molar-refractivity contribution is 7.80. The van der Waals surface area contributed by atoms with E-state index in [9.17, 15) is 48.9 Å². The van der Waals surface area contributed by atoms with Crippen molar-refractivity contribution in [1.29, 1.82) is 0 Å². The van der Waals surface area contributed by atoms with Gasteiger partial charge >= 0.3 is 0 Å². The number of phenolic OH excluding ortho intramolecular Hbond substituents is 3. The number of thiol groups is 3. The summed E-state index contributed by atoms with van der Waals surface area (Å²) in [6.07, 6.45) is 0.0527. The number of benzene rings is 2. The minimum atomic E-state index is -1.18. The first-order chi connectivity index (χ1) is 24.3. The zero-order valence-corrected chi connectivity index (χ0v) is 31.3. The van der Waals surface area contributed by atoms with Gasteiger partial charge in [0.05, 0.1) is 0 Å². The Morgan fingerprint density at radius 2 is 0.942 bits per heavy atom. The number of primary amides is 2. The lowest BCUT2D eigenvalue weighted by molar-refractivity contribution is -0.132. The number of phenols is 3. The number of aryl methyl sites for hydroxylation is 1. The largest absolute Gasteiger partial charge is 0.508 e. The molecule has 0 saturated heterocycles. The SMILES string of the molecule is CC(=O)NC(CS)C(=O)NC(Cc1ccc(C)c(O)c1)C(N)=O.CC(=O)NC(CS)C(=O)NC(Cc1ccc(O)c(O)c1)C(=O)NC(CS)C(N)=O. The van der Waals surface area contributed by atoms with E-state index in [1.807, 2.05) is 0 Å². The molecule has 20 heteroatoms. The van der Waals surface area contributed by atoms with Gasteiger partial charge in [0.25, 0.3) is 0 Å². The summed E-state index contributed by atoms with van der Waals surface area (Å²) in [6.45, 7) is 4.26. The minimum Gasteiger partial charge on any atom is -0.508 e. The third-order valence-electron chi connectivity index (χ3n) is 7.08. The van der Waals surface area contributed by atoms with Gasteiger partial charge in [0.15, 0.2) is 11.5 Å². The molecule has 7 amide bonds. The second-order valence-corrected chi connectivity index (χ2v) is 12.5. The molecular formula is C32H45N7O10S3. The van der Waals surface area contributed by atoms with Gasteiger partial charge in [-0.3, -0.25) is 33.6 Å². The van der Waals surface area contributed by atoms with Crippen LogP contribution in [0.25, 0.3) is 0 Å². The van der Waals surface area contributed by atoms with Crippen LogP contribution in [0, 0.1) is 6.92 Å². The fourth-order valence-electron chi connectivity index (χ4n) is 4.28. The number of hydrogen-bond acceptors (Lipinski definition) is 13. The average Bonchev–Trinajstić information content (AvgIpc) is 3.07. The highest BCUT2D eigenvalue weighted by atomic mass is 32.1. The van der Waals surface area contributed by atoms with Gasteiger partial charge in [0, 0.05) is 43.9 Å². The fourth-order valence-corrected chi connectivity index (χ4v) is 5.07. The summed E-state index contributed by atoms with van der Waals surface area (Å²) < 4.78 is 0. The van der Waals surface area contributed by atoms with E-state index in [2.05, 4.69) is 64.5 Å².